The number of anilines is 6. The second-order valence-corrected chi connectivity index (χ2v) is 35.6. The highest BCUT2D eigenvalue weighted by atomic mass is 32.1. The molecule has 6 heterocycles. The third kappa shape index (κ3) is 9.52. The van der Waals surface area contributed by atoms with Crippen molar-refractivity contribution in [3.05, 3.63) is 493 Å². The Morgan fingerprint density at radius 2 is 0.625 bits per heavy atom. The van der Waals surface area contributed by atoms with Gasteiger partial charge in [-0.2, -0.15) is 0 Å². The molecule has 0 bridgehead atoms. The molecule has 128 heavy (non-hydrogen) atoms. The number of hydrogen-bond acceptors (Lipinski definition) is 4. The van der Waals surface area contributed by atoms with Crippen molar-refractivity contribution < 1.29 is 4.42 Å². The second-order valence-electron chi connectivity index (χ2n) is 34.6. The molecule has 20 aromatic carbocycles. The summed E-state index contributed by atoms with van der Waals surface area (Å²) in [5, 5.41) is 9.48. The molecule has 0 N–H and O–H groups in total. The van der Waals surface area contributed by atoms with Crippen molar-refractivity contribution >= 4 is 131 Å². The first kappa shape index (κ1) is 71.1. The lowest BCUT2D eigenvalue weighted by atomic mass is 9.65. The van der Waals surface area contributed by atoms with Crippen molar-refractivity contribution in [2.24, 2.45) is 0 Å². The monoisotopic (exact) mass is 1640 g/mol. The van der Waals surface area contributed by atoms with Gasteiger partial charge in [-0.25, -0.2) is 0 Å². The normalized spacial score (nSPS) is 14.8. The van der Waals surface area contributed by atoms with Gasteiger partial charge in [0.25, 0.3) is 0 Å². The highest BCUT2D eigenvalue weighted by molar-refractivity contribution is 7.26. The minimum Gasteiger partial charge on any atom is -0.454 e. The number of rotatable bonds is 11. The van der Waals surface area contributed by atoms with Gasteiger partial charge in [0.2, 0.25) is 0 Å². The van der Waals surface area contributed by atoms with Crippen LogP contribution >= 0.6 is 11.3 Å². The Morgan fingerprint density at radius 3 is 1.25 bits per heavy atom. The summed E-state index contributed by atoms with van der Waals surface area (Å²) in [6, 6.07) is 169. The third-order valence-corrected chi connectivity index (χ3v) is 29.7. The molecule has 24 aromatic rings. The van der Waals surface area contributed by atoms with Crippen LogP contribution < -0.4 is 9.80 Å². The van der Waals surface area contributed by atoms with Crippen LogP contribution in [0.15, 0.2) is 453 Å². The molecule has 6 heteroatoms. The lowest BCUT2D eigenvalue weighted by molar-refractivity contribution is 0.669. The molecule has 0 saturated carbocycles. The number of nitrogens with zero attached hydrogens (tertiary/aromatic N) is 4. The van der Waals surface area contributed by atoms with Crippen molar-refractivity contribution in [2.75, 3.05) is 9.80 Å². The van der Waals surface area contributed by atoms with E-state index in [1.165, 1.54) is 147 Å². The SMILES string of the molecule is c1ccc(-c2ccccc2-c2ccccc2N(c2cccc3c2-c2ccccc2C32c3ccccc3-n3c4ccccc4c4cccc2c43)c2cccc3c2oc2ccc(-c4cccc5c4c4cccc6c4n5-c4ccccc4C64c5ccccc5-c5c(N(c6ccccc6-c6ccccc6-c6ccccc6)c6cccc7c6sc6ccccc67)cccc54)cc23)cc1. The molecule has 0 saturated heterocycles. The lowest BCUT2D eigenvalue weighted by Crippen LogP contribution is -2.33. The molecule has 0 fully saturated rings. The highest BCUT2D eigenvalue weighted by Gasteiger charge is 2.54. The molecule has 28 rings (SSSR count). The van der Waals surface area contributed by atoms with E-state index < -0.39 is 10.8 Å². The minimum absolute atomic E-state index is 0.697. The average molecular weight is 1640 g/mol. The summed E-state index contributed by atoms with van der Waals surface area (Å²) in [5.74, 6) is 0. The third-order valence-electron chi connectivity index (χ3n) is 28.5. The van der Waals surface area contributed by atoms with Crippen LogP contribution in [0.5, 0.6) is 0 Å². The molecular formula is C122H74N4OS. The molecule has 0 radical (unpaired) electrons. The number of furan rings is 1. The number of para-hydroxylation sites is 8. The van der Waals surface area contributed by atoms with E-state index in [1.807, 2.05) is 11.3 Å². The minimum atomic E-state index is -0.758. The summed E-state index contributed by atoms with van der Waals surface area (Å²) in [6.45, 7) is 0. The van der Waals surface area contributed by atoms with Gasteiger partial charge in [0.05, 0.1) is 83.1 Å². The Hall–Kier alpha value is -16.4. The summed E-state index contributed by atoms with van der Waals surface area (Å²) in [6.07, 6.45) is 0. The summed E-state index contributed by atoms with van der Waals surface area (Å²) < 4.78 is 15.3. The fourth-order valence-corrected chi connectivity index (χ4v) is 24.9. The maximum atomic E-state index is 7.64. The maximum absolute atomic E-state index is 7.64. The molecular weight excluding hydrogens is 1570 g/mol. The Kier molecular flexibility index (Phi) is 15.0. The molecule has 2 unspecified atom stereocenters. The highest BCUT2D eigenvalue weighted by Crippen LogP contribution is 2.67. The zero-order chi connectivity index (χ0) is 83.6. The molecule has 4 aromatic heterocycles. The van der Waals surface area contributed by atoms with E-state index in [4.69, 9.17) is 4.42 Å². The van der Waals surface area contributed by atoms with Crippen LogP contribution in [0.3, 0.4) is 0 Å². The molecule has 4 aliphatic rings. The summed E-state index contributed by atoms with van der Waals surface area (Å²) in [5.41, 5.74) is 40.0. The van der Waals surface area contributed by atoms with E-state index in [9.17, 15) is 0 Å². The van der Waals surface area contributed by atoms with Gasteiger partial charge in [-0.3, -0.25) is 0 Å². The van der Waals surface area contributed by atoms with E-state index in [2.05, 4.69) is 468 Å². The van der Waals surface area contributed by atoms with Crippen LogP contribution in [0, 0.1) is 0 Å². The van der Waals surface area contributed by atoms with E-state index in [0.29, 0.717) is 0 Å². The van der Waals surface area contributed by atoms with Crippen molar-refractivity contribution in [3.63, 3.8) is 0 Å². The Bertz CT molecular complexity index is 8890. The van der Waals surface area contributed by atoms with Crippen molar-refractivity contribution in [2.45, 2.75) is 10.8 Å². The molecule has 594 valence electrons. The number of hydrogen-bond donors (Lipinski definition) is 0. The van der Waals surface area contributed by atoms with Gasteiger partial charge < -0.3 is 23.4 Å². The summed E-state index contributed by atoms with van der Waals surface area (Å²) in [4.78, 5) is 5.16. The summed E-state index contributed by atoms with van der Waals surface area (Å²) in [7, 11) is 0. The van der Waals surface area contributed by atoms with Crippen LogP contribution in [0.4, 0.5) is 34.1 Å². The van der Waals surface area contributed by atoms with Gasteiger partial charge in [-0.15, -0.1) is 11.3 Å². The fraction of sp³-hybridized carbons (Fsp3) is 0.0164. The second kappa shape index (κ2) is 27.1. The van der Waals surface area contributed by atoms with E-state index in [0.717, 1.165) is 106 Å². The Labute approximate surface area is 742 Å². The average Bonchev–Trinajstić information content (AvgIpc) is 1.50. The van der Waals surface area contributed by atoms with Crippen LogP contribution in [0.1, 0.15) is 44.5 Å². The predicted molar refractivity (Wildman–Crippen MR) is 534 cm³/mol. The van der Waals surface area contributed by atoms with Gasteiger partial charge >= 0.3 is 0 Å². The molecule has 2 spiro atoms. The molecule has 5 nitrogen and oxygen atoms in total. The lowest BCUT2D eigenvalue weighted by Gasteiger charge is -2.39. The van der Waals surface area contributed by atoms with Gasteiger partial charge in [-0.05, 0) is 179 Å². The first-order valence-electron chi connectivity index (χ1n) is 44.3. The summed E-state index contributed by atoms with van der Waals surface area (Å²) >= 11 is 1.88. The van der Waals surface area contributed by atoms with Crippen molar-refractivity contribution in [1.82, 2.24) is 9.13 Å². The predicted octanol–water partition coefficient (Wildman–Crippen LogP) is 32.8. The van der Waals surface area contributed by atoms with E-state index >= 15 is 0 Å². The number of aromatic nitrogens is 2. The van der Waals surface area contributed by atoms with Gasteiger partial charge in [0.1, 0.15) is 5.58 Å². The van der Waals surface area contributed by atoms with Crippen molar-refractivity contribution in [1.29, 1.82) is 0 Å². The number of thiophene rings is 1. The largest absolute Gasteiger partial charge is 0.454 e. The standard InChI is InChI=1S/C122H74N4OS/c1-3-34-75(35-4-1)78-38-7-9-40-81(78)83-42-13-21-61-102(83)123(108-67-32-57-98-115(108)90-46-11-17-53-94(90)121(98)96-55-19-24-64-105(96)125-104-63-23-15-44-85(104)87-49-27-59-100(121)117(87)125)110-69-30-50-88-93-74-77(72-73-112(93)127-119(88)110)80-48-29-66-107-114(80)92-52-28-60-101-118(92)126(107)106-65-25-20-56-97(106)122(101)95-54-18-12-47-91(95)116-99(122)58-33-68-109(116)124(111-70-31-51-89-86-45-16-26-71-113(86)128-120(89)111)103-62-22-14-43-84(103)82-41-10-8-39-79(82)76-36-5-2-6-37-76/h1-74H. The molecule has 2 atom stereocenters. The van der Waals surface area contributed by atoms with Crippen LogP contribution in [0.25, 0.3) is 175 Å². The van der Waals surface area contributed by atoms with Crippen LogP contribution in [0.2, 0.25) is 0 Å². The van der Waals surface area contributed by atoms with Crippen LogP contribution in [-0.2, 0) is 10.8 Å². The van der Waals surface area contributed by atoms with E-state index in [-0.39, 0.29) is 0 Å². The molecule has 2 aliphatic heterocycles. The number of benzene rings is 20. The first-order chi connectivity index (χ1) is 63.6. The smallest absolute Gasteiger partial charge is 0.159 e. The first-order valence-corrected chi connectivity index (χ1v) is 45.1. The zero-order valence-electron chi connectivity index (χ0n) is 69.3. The molecule has 2 aliphatic carbocycles. The quantitative estimate of drug-likeness (QED) is 0.129. The van der Waals surface area contributed by atoms with Gasteiger partial charge in [-0.1, -0.05) is 370 Å². The van der Waals surface area contributed by atoms with E-state index in [1.54, 1.807) is 0 Å². The zero-order valence-corrected chi connectivity index (χ0v) is 70.1. The maximum Gasteiger partial charge on any atom is 0.159 e. The Morgan fingerprint density at radius 1 is 0.227 bits per heavy atom. The molecule has 0 amide bonds. The Balaban J connectivity index is 0.647. The van der Waals surface area contributed by atoms with Gasteiger partial charge in [0, 0.05) is 70.0 Å². The van der Waals surface area contributed by atoms with Crippen molar-refractivity contribution in [3.8, 4) is 89.3 Å². The number of fused-ring (bicyclic) bond motifs is 30. The topological polar surface area (TPSA) is 29.5 Å². The van der Waals surface area contributed by atoms with Crippen LogP contribution in [-0.4, -0.2) is 9.13 Å². The fourth-order valence-electron chi connectivity index (χ4n) is 23.7. The van der Waals surface area contributed by atoms with Gasteiger partial charge in [0.15, 0.2) is 5.58 Å².